The predicted octanol–water partition coefficient (Wildman–Crippen LogP) is 0.967. The summed E-state index contributed by atoms with van der Waals surface area (Å²) in [7, 11) is 0. The molecule has 0 heterocycles. The third-order valence-corrected chi connectivity index (χ3v) is 6.05. The average molecular weight is 590 g/mol. The number of hydrogen-bond acceptors (Lipinski definition) is 8. The van der Waals surface area contributed by atoms with Gasteiger partial charge in [0, 0.05) is 0 Å². The second-order valence-corrected chi connectivity index (χ2v) is 11.6. The van der Waals surface area contributed by atoms with Gasteiger partial charge in [-0.1, -0.05) is 71.9 Å². The largest absolute Gasteiger partial charge is 0.455 e. The third-order valence-electron chi connectivity index (χ3n) is 6.05. The number of ketones is 1. The highest BCUT2D eigenvalue weighted by Crippen LogP contribution is 2.09. The molecule has 1 aromatic carbocycles. The van der Waals surface area contributed by atoms with Crippen molar-refractivity contribution in [2.45, 2.75) is 85.5 Å². The number of hydrogen-bond donors (Lipinski definition) is 5. The number of carbonyl (C=O) groups excluding carboxylic acids is 6. The fourth-order valence-electron chi connectivity index (χ4n) is 4.00. The van der Waals surface area contributed by atoms with E-state index in [2.05, 4.69) is 21.3 Å². The van der Waals surface area contributed by atoms with Crippen LogP contribution in [0.4, 0.5) is 0 Å². The van der Waals surface area contributed by atoms with Crippen LogP contribution in [0.25, 0.3) is 0 Å². The molecule has 1 rings (SSSR count). The van der Waals surface area contributed by atoms with Gasteiger partial charge >= 0.3 is 5.97 Å². The summed E-state index contributed by atoms with van der Waals surface area (Å²) >= 11 is 0. The predicted molar refractivity (Wildman–Crippen MR) is 157 cm³/mol. The van der Waals surface area contributed by atoms with Crippen LogP contribution < -0.4 is 27.0 Å². The Morgan fingerprint density at radius 2 is 1.21 bits per heavy atom. The molecule has 0 unspecified atom stereocenters. The first kappa shape index (κ1) is 36.2. The van der Waals surface area contributed by atoms with Crippen molar-refractivity contribution in [3.63, 3.8) is 0 Å². The van der Waals surface area contributed by atoms with Gasteiger partial charge in [0.15, 0.2) is 0 Å². The van der Waals surface area contributed by atoms with E-state index in [1.165, 1.54) is 0 Å². The highest BCUT2D eigenvalue weighted by atomic mass is 16.5. The van der Waals surface area contributed by atoms with E-state index >= 15 is 0 Å². The van der Waals surface area contributed by atoms with Crippen molar-refractivity contribution >= 4 is 35.4 Å². The smallest absolute Gasteiger partial charge is 0.376 e. The van der Waals surface area contributed by atoms with Crippen molar-refractivity contribution in [2.24, 2.45) is 23.5 Å². The highest BCUT2D eigenvalue weighted by Gasteiger charge is 2.29. The number of benzene rings is 1. The van der Waals surface area contributed by atoms with Crippen molar-refractivity contribution in [2.75, 3.05) is 13.1 Å². The molecule has 0 fully saturated rings. The van der Waals surface area contributed by atoms with Crippen LogP contribution in [0.3, 0.4) is 0 Å². The number of nitrogens with one attached hydrogen (secondary N) is 4. The van der Waals surface area contributed by atoms with Gasteiger partial charge in [-0.2, -0.15) is 0 Å². The van der Waals surface area contributed by atoms with E-state index in [1.54, 1.807) is 24.3 Å². The molecular weight excluding hydrogens is 542 g/mol. The lowest BCUT2D eigenvalue weighted by atomic mass is 10.00. The van der Waals surface area contributed by atoms with Gasteiger partial charge in [0.1, 0.15) is 18.7 Å². The summed E-state index contributed by atoms with van der Waals surface area (Å²) in [6, 6.07) is 6.09. The molecule has 12 nitrogen and oxygen atoms in total. The summed E-state index contributed by atoms with van der Waals surface area (Å²) in [4.78, 5) is 75.1. The summed E-state index contributed by atoms with van der Waals surface area (Å²) in [5, 5.41) is 10.2. The van der Waals surface area contributed by atoms with E-state index < -0.39 is 60.1 Å². The van der Waals surface area contributed by atoms with Gasteiger partial charge < -0.3 is 31.7 Å². The van der Waals surface area contributed by atoms with Crippen LogP contribution in [0.15, 0.2) is 30.3 Å². The molecule has 6 N–H and O–H groups in total. The van der Waals surface area contributed by atoms with Crippen LogP contribution in [-0.2, 0) is 40.1 Å². The van der Waals surface area contributed by atoms with Crippen LogP contribution in [0.5, 0.6) is 0 Å². The Kier molecular flexibility index (Phi) is 16.0. The van der Waals surface area contributed by atoms with Crippen molar-refractivity contribution in [1.82, 2.24) is 21.3 Å². The topological polar surface area (TPSA) is 186 Å². The fourth-order valence-corrected chi connectivity index (χ4v) is 4.00. The molecular formula is C30H47N5O7. The molecule has 0 aliphatic heterocycles. The van der Waals surface area contributed by atoms with Crippen molar-refractivity contribution in [3.05, 3.63) is 35.9 Å². The van der Waals surface area contributed by atoms with E-state index in [9.17, 15) is 28.8 Å². The molecule has 0 aromatic heterocycles. The maximum Gasteiger partial charge on any atom is 0.376 e. The minimum Gasteiger partial charge on any atom is -0.455 e. The van der Waals surface area contributed by atoms with Gasteiger partial charge in [-0.3, -0.25) is 24.0 Å². The highest BCUT2D eigenvalue weighted by molar-refractivity contribution is 6.34. The molecule has 0 bridgehead atoms. The first-order chi connectivity index (χ1) is 19.7. The Morgan fingerprint density at radius 3 is 1.76 bits per heavy atom. The number of Topliss-reactive ketones (excluding diaryl/α,β-unsaturated/α-hetero) is 1. The van der Waals surface area contributed by atoms with Gasteiger partial charge in [-0.05, 0) is 42.6 Å². The van der Waals surface area contributed by atoms with Crippen LogP contribution >= 0.6 is 0 Å². The molecule has 0 saturated carbocycles. The first-order valence-corrected chi connectivity index (χ1v) is 14.3. The monoisotopic (exact) mass is 589 g/mol. The quantitative estimate of drug-likeness (QED) is 0.124. The standard InChI is InChI=1S/C30H47N5O7/c1-18(2)12-22(31)27(38)33-16-26(37)34-24(14-20(5)6)29(40)35-23(13-19(3)4)28(39)32-15-25(36)30(41)42-17-21-10-8-7-9-11-21/h7-11,18-20,22-24H,12-17,31H2,1-6H3,(H,32,39)(H,33,38)(H,34,37)(H,35,40)/t22-,23-,24-/m0/s1. The SMILES string of the molecule is CC(C)C[C@H](NC(=O)CNC(=O)[C@@H](N)CC(C)C)C(=O)N[C@@H](CC(C)C)C(=O)NCC(=O)C(=O)OCc1ccccc1. The lowest BCUT2D eigenvalue weighted by Crippen LogP contribution is -2.56. The zero-order valence-electron chi connectivity index (χ0n) is 25.5. The Balaban J connectivity index is 2.75. The van der Waals surface area contributed by atoms with Crippen molar-refractivity contribution < 1.29 is 33.5 Å². The molecule has 0 radical (unpaired) electrons. The maximum absolute atomic E-state index is 13.2. The van der Waals surface area contributed by atoms with E-state index in [1.807, 2.05) is 47.6 Å². The molecule has 4 amide bonds. The van der Waals surface area contributed by atoms with E-state index in [4.69, 9.17) is 10.5 Å². The molecule has 0 aliphatic carbocycles. The summed E-state index contributed by atoms with van der Waals surface area (Å²) in [5.41, 5.74) is 6.56. The third kappa shape index (κ3) is 14.7. The fraction of sp³-hybridized carbons (Fsp3) is 0.600. The minimum absolute atomic E-state index is 0.00371. The number of esters is 1. The molecule has 234 valence electrons. The Hall–Kier alpha value is -3.80. The van der Waals surface area contributed by atoms with Crippen molar-refractivity contribution in [3.8, 4) is 0 Å². The van der Waals surface area contributed by atoms with Gasteiger partial charge in [0.2, 0.25) is 23.6 Å². The zero-order chi connectivity index (χ0) is 31.8. The molecule has 1 aromatic rings. The number of amides is 4. The number of ether oxygens (including phenoxy) is 1. The molecule has 12 heteroatoms. The van der Waals surface area contributed by atoms with Crippen LogP contribution in [0.1, 0.15) is 66.4 Å². The summed E-state index contributed by atoms with van der Waals surface area (Å²) < 4.78 is 5.00. The number of rotatable bonds is 18. The van der Waals surface area contributed by atoms with Gasteiger partial charge in [0.25, 0.3) is 5.78 Å². The van der Waals surface area contributed by atoms with E-state index in [0.717, 1.165) is 0 Å². The summed E-state index contributed by atoms with van der Waals surface area (Å²) in [5.74, 6) is -4.07. The number of carbonyl (C=O) groups is 6. The van der Waals surface area contributed by atoms with Crippen LogP contribution in [-0.4, -0.2) is 66.6 Å². The molecule has 0 spiro atoms. The number of nitrogens with two attached hydrogens (primary N) is 1. The normalized spacial score (nSPS) is 13.2. The lowest BCUT2D eigenvalue weighted by Gasteiger charge is -2.25. The second kappa shape index (κ2) is 18.6. The maximum atomic E-state index is 13.2. The zero-order valence-corrected chi connectivity index (χ0v) is 25.5. The summed E-state index contributed by atoms with van der Waals surface area (Å²) in [6.45, 7) is 10.3. The molecule has 0 aliphatic rings. The van der Waals surface area contributed by atoms with E-state index in [-0.39, 0.29) is 43.7 Å². The Morgan fingerprint density at radius 1 is 0.690 bits per heavy atom. The molecule has 3 atom stereocenters. The van der Waals surface area contributed by atoms with Crippen LogP contribution in [0.2, 0.25) is 0 Å². The molecule has 0 saturated heterocycles. The van der Waals surface area contributed by atoms with Gasteiger partial charge in [-0.15, -0.1) is 0 Å². The molecule has 42 heavy (non-hydrogen) atoms. The first-order valence-electron chi connectivity index (χ1n) is 14.3. The lowest BCUT2D eigenvalue weighted by molar-refractivity contribution is -0.154. The van der Waals surface area contributed by atoms with Crippen LogP contribution in [0, 0.1) is 17.8 Å². The minimum atomic E-state index is -1.08. The summed E-state index contributed by atoms with van der Waals surface area (Å²) in [6.07, 6.45) is 0.988. The van der Waals surface area contributed by atoms with Crippen molar-refractivity contribution in [1.29, 1.82) is 0 Å². The Bertz CT molecular complexity index is 1060. The van der Waals surface area contributed by atoms with Gasteiger partial charge in [0.05, 0.1) is 19.1 Å². The van der Waals surface area contributed by atoms with E-state index in [0.29, 0.717) is 12.0 Å². The van der Waals surface area contributed by atoms with Gasteiger partial charge in [-0.25, -0.2) is 4.79 Å². The Labute approximate surface area is 248 Å². The average Bonchev–Trinajstić information content (AvgIpc) is 2.91. The second-order valence-electron chi connectivity index (χ2n) is 11.6.